The van der Waals surface area contributed by atoms with Gasteiger partial charge in [0, 0.05) is 20.0 Å². The Bertz CT molecular complexity index is 1690. The molecule has 4 aromatic carbocycles. The highest BCUT2D eigenvalue weighted by Crippen LogP contribution is 2.29. The van der Waals surface area contributed by atoms with Crippen molar-refractivity contribution in [1.82, 2.24) is 10.2 Å². The first-order valence-corrected chi connectivity index (χ1v) is 15.7. The number of carbonyl (C=O) groups is 2. The first kappa shape index (κ1) is 31.5. The molecule has 8 heteroatoms. The van der Waals surface area contributed by atoms with Crippen LogP contribution < -0.4 is 9.62 Å². The van der Waals surface area contributed by atoms with E-state index in [9.17, 15) is 18.0 Å². The number of likely N-dealkylation sites (N-methyl/N-ethyl adjacent to an activating group) is 1. The summed E-state index contributed by atoms with van der Waals surface area (Å²) < 4.78 is 29.5. The first-order chi connectivity index (χ1) is 20.5. The number of nitrogens with zero attached hydrogens (tertiary/aromatic N) is 2. The predicted octanol–water partition coefficient (Wildman–Crippen LogP) is 5.50. The van der Waals surface area contributed by atoms with Crippen LogP contribution in [0.2, 0.25) is 0 Å². The summed E-state index contributed by atoms with van der Waals surface area (Å²) in [4.78, 5) is 29.4. The van der Waals surface area contributed by atoms with Gasteiger partial charge in [0.15, 0.2) is 0 Å². The van der Waals surface area contributed by atoms with Gasteiger partial charge in [-0.2, -0.15) is 0 Å². The van der Waals surface area contributed by atoms with Crippen molar-refractivity contribution in [1.29, 1.82) is 0 Å². The average Bonchev–Trinajstić information content (AvgIpc) is 2.99. The van der Waals surface area contributed by atoms with Crippen LogP contribution in [0.3, 0.4) is 0 Å². The van der Waals surface area contributed by atoms with Crippen molar-refractivity contribution in [3.8, 4) is 0 Å². The van der Waals surface area contributed by atoms with Crippen LogP contribution in [0.1, 0.15) is 33.4 Å². The van der Waals surface area contributed by atoms with Crippen LogP contribution in [0.15, 0.2) is 102 Å². The van der Waals surface area contributed by atoms with Crippen LogP contribution in [-0.2, 0) is 32.6 Å². The Hall–Kier alpha value is -4.43. The number of nitrogens with one attached hydrogen (secondary N) is 1. The van der Waals surface area contributed by atoms with Gasteiger partial charge in [-0.15, -0.1) is 0 Å². The molecule has 0 aliphatic rings. The summed E-state index contributed by atoms with van der Waals surface area (Å²) in [6.07, 6.45) is 0.270. The largest absolute Gasteiger partial charge is 0.357 e. The summed E-state index contributed by atoms with van der Waals surface area (Å²) in [7, 11) is -2.60. The lowest BCUT2D eigenvalue weighted by atomic mass is 10.0. The van der Waals surface area contributed by atoms with E-state index in [4.69, 9.17) is 0 Å². The molecule has 1 atom stereocenters. The molecule has 0 heterocycles. The van der Waals surface area contributed by atoms with E-state index in [1.165, 1.54) is 9.21 Å². The zero-order chi connectivity index (χ0) is 31.1. The molecule has 0 spiro atoms. The van der Waals surface area contributed by atoms with E-state index in [0.717, 1.165) is 33.4 Å². The molecule has 43 heavy (non-hydrogen) atoms. The molecule has 0 aromatic heterocycles. The Morgan fingerprint density at radius 2 is 1.40 bits per heavy atom. The van der Waals surface area contributed by atoms with Gasteiger partial charge >= 0.3 is 0 Å². The lowest BCUT2D eigenvalue weighted by Crippen LogP contribution is -2.53. The van der Waals surface area contributed by atoms with E-state index >= 15 is 0 Å². The lowest BCUT2D eigenvalue weighted by Gasteiger charge is -2.34. The Kier molecular flexibility index (Phi) is 10.0. The summed E-state index contributed by atoms with van der Waals surface area (Å²) >= 11 is 0. The number of rotatable bonds is 11. The van der Waals surface area contributed by atoms with Crippen LogP contribution in [0.25, 0.3) is 0 Å². The molecule has 0 aliphatic carbocycles. The van der Waals surface area contributed by atoms with Gasteiger partial charge < -0.3 is 10.2 Å². The Labute approximate surface area is 255 Å². The van der Waals surface area contributed by atoms with E-state index in [0.29, 0.717) is 5.69 Å². The Morgan fingerprint density at radius 3 is 2.02 bits per heavy atom. The minimum absolute atomic E-state index is 0.0865. The van der Waals surface area contributed by atoms with Crippen LogP contribution in [-0.4, -0.2) is 44.8 Å². The highest BCUT2D eigenvalue weighted by atomic mass is 32.2. The summed E-state index contributed by atoms with van der Waals surface area (Å²) in [5.41, 5.74) is 5.76. The van der Waals surface area contributed by atoms with E-state index in [2.05, 4.69) is 5.32 Å². The van der Waals surface area contributed by atoms with Crippen molar-refractivity contribution in [2.75, 3.05) is 17.9 Å². The highest BCUT2D eigenvalue weighted by Gasteiger charge is 2.35. The zero-order valence-electron chi connectivity index (χ0n) is 25.4. The molecule has 2 amide bonds. The molecule has 0 fully saturated rings. The number of anilines is 1. The van der Waals surface area contributed by atoms with Crippen molar-refractivity contribution in [2.45, 2.75) is 51.6 Å². The van der Waals surface area contributed by atoms with Gasteiger partial charge in [0.05, 0.1) is 10.6 Å². The van der Waals surface area contributed by atoms with E-state index in [1.807, 2.05) is 94.4 Å². The number of hydrogen-bond acceptors (Lipinski definition) is 4. The zero-order valence-corrected chi connectivity index (χ0v) is 26.2. The topological polar surface area (TPSA) is 86.8 Å². The fourth-order valence-electron chi connectivity index (χ4n) is 5.13. The third kappa shape index (κ3) is 7.51. The average molecular weight is 598 g/mol. The van der Waals surface area contributed by atoms with Gasteiger partial charge in [0.2, 0.25) is 11.8 Å². The van der Waals surface area contributed by atoms with Gasteiger partial charge in [-0.05, 0) is 68.1 Å². The van der Waals surface area contributed by atoms with E-state index < -0.39 is 28.5 Å². The van der Waals surface area contributed by atoms with Crippen molar-refractivity contribution >= 4 is 27.5 Å². The second-order valence-electron chi connectivity index (χ2n) is 10.9. The van der Waals surface area contributed by atoms with Crippen LogP contribution in [0.4, 0.5) is 5.69 Å². The third-order valence-corrected chi connectivity index (χ3v) is 9.40. The molecule has 224 valence electrons. The van der Waals surface area contributed by atoms with Gasteiger partial charge in [-0.25, -0.2) is 8.42 Å². The molecule has 0 saturated heterocycles. The summed E-state index contributed by atoms with van der Waals surface area (Å²) in [5.74, 6) is -0.811. The second-order valence-corrected chi connectivity index (χ2v) is 12.7. The molecule has 1 N–H and O–H groups in total. The maximum atomic E-state index is 14.4. The van der Waals surface area contributed by atoms with Crippen LogP contribution >= 0.6 is 0 Å². The number of sulfonamides is 1. The number of aryl methyl sites for hydroxylation is 4. The van der Waals surface area contributed by atoms with E-state index in [-0.39, 0.29) is 23.8 Å². The van der Waals surface area contributed by atoms with Crippen LogP contribution in [0, 0.1) is 27.7 Å². The molecule has 0 unspecified atom stereocenters. The SMILES string of the molecule is CNC(=O)[C@H](Cc1ccccc1)N(Cc1ccccc1C)C(=O)CN(c1ccc(C)cc1C)S(=O)(=O)c1ccc(C)cc1. The van der Waals surface area contributed by atoms with Gasteiger partial charge in [-0.3, -0.25) is 13.9 Å². The Balaban J connectivity index is 1.82. The predicted molar refractivity (Wildman–Crippen MR) is 171 cm³/mol. The normalized spacial score (nSPS) is 11.9. The van der Waals surface area contributed by atoms with Crippen molar-refractivity contribution < 1.29 is 18.0 Å². The van der Waals surface area contributed by atoms with Crippen molar-refractivity contribution in [3.63, 3.8) is 0 Å². The maximum absolute atomic E-state index is 14.4. The van der Waals surface area contributed by atoms with Gasteiger partial charge in [-0.1, -0.05) is 90.0 Å². The molecular weight excluding hydrogens is 558 g/mol. The summed E-state index contributed by atoms with van der Waals surface area (Å²) in [6, 6.07) is 28.3. The van der Waals surface area contributed by atoms with E-state index in [1.54, 1.807) is 37.4 Å². The summed E-state index contributed by atoms with van der Waals surface area (Å²) in [5, 5.41) is 2.72. The number of carbonyl (C=O) groups excluding carboxylic acids is 2. The Morgan fingerprint density at radius 1 is 0.767 bits per heavy atom. The smallest absolute Gasteiger partial charge is 0.264 e. The highest BCUT2D eigenvalue weighted by molar-refractivity contribution is 7.92. The molecular formula is C35H39N3O4S. The quantitative estimate of drug-likeness (QED) is 0.247. The lowest BCUT2D eigenvalue weighted by molar-refractivity contribution is -0.139. The molecule has 7 nitrogen and oxygen atoms in total. The van der Waals surface area contributed by atoms with Gasteiger partial charge in [0.25, 0.3) is 10.0 Å². The fourth-order valence-corrected chi connectivity index (χ4v) is 6.61. The number of benzene rings is 4. The standard InChI is InChI=1S/C35H39N3O4S/c1-25-15-18-31(19-16-25)43(41,42)38(32-20-17-26(2)21-28(32)4)24-34(39)37(23-30-14-10-9-11-27(30)3)33(35(40)36-5)22-29-12-7-6-8-13-29/h6-21,33H,22-24H2,1-5H3,(H,36,40)/t33-/m0/s1. The number of amides is 2. The van der Waals surface area contributed by atoms with Crippen molar-refractivity contribution in [2.24, 2.45) is 0 Å². The second kappa shape index (κ2) is 13.7. The fraction of sp³-hybridized carbons (Fsp3) is 0.257. The molecule has 4 aromatic rings. The monoisotopic (exact) mass is 597 g/mol. The minimum Gasteiger partial charge on any atom is -0.357 e. The first-order valence-electron chi connectivity index (χ1n) is 14.3. The van der Waals surface area contributed by atoms with Crippen molar-refractivity contribution in [3.05, 3.63) is 130 Å². The number of hydrogen-bond donors (Lipinski definition) is 1. The third-order valence-electron chi connectivity index (χ3n) is 7.63. The summed E-state index contributed by atoms with van der Waals surface area (Å²) in [6.45, 7) is 7.27. The van der Waals surface area contributed by atoms with Gasteiger partial charge in [0.1, 0.15) is 12.6 Å². The molecule has 0 aliphatic heterocycles. The minimum atomic E-state index is -4.14. The molecule has 0 bridgehead atoms. The maximum Gasteiger partial charge on any atom is 0.264 e. The molecule has 4 rings (SSSR count). The molecule has 0 saturated carbocycles. The molecule has 0 radical (unpaired) electrons. The van der Waals surface area contributed by atoms with Crippen LogP contribution in [0.5, 0.6) is 0 Å².